The molecule has 0 radical (unpaired) electrons. The number of hydrogen-bond donors (Lipinski definition) is 2. The second-order valence-electron chi connectivity index (χ2n) is 6.28. The molecule has 0 fully saturated rings. The normalized spacial score (nSPS) is 10.0. The first-order valence-corrected chi connectivity index (χ1v) is 9.62. The van der Waals surface area contributed by atoms with Gasteiger partial charge in [-0.2, -0.15) is 0 Å². The fraction of sp³-hybridized carbons (Fsp3) is 0.571. The predicted molar refractivity (Wildman–Crippen MR) is 113 cm³/mol. The molecule has 0 spiro atoms. The molecule has 0 aromatic carbocycles. The number of ether oxygens (including phenoxy) is 3. The van der Waals surface area contributed by atoms with Crippen LogP contribution in [0.1, 0.15) is 39.0 Å². The van der Waals surface area contributed by atoms with Gasteiger partial charge in [0.2, 0.25) is 0 Å². The summed E-state index contributed by atoms with van der Waals surface area (Å²) in [6, 6.07) is 0. The lowest BCUT2D eigenvalue weighted by Crippen LogP contribution is -2.38. The summed E-state index contributed by atoms with van der Waals surface area (Å²) >= 11 is 0. The zero-order valence-corrected chi connectivity index (χ0v) is 17.5. The number of rotatable bonds is 15. The van der Waals surface area contributed by atoms with Crippen LogP contribution in [0.5, 0.6) is 0 Å². The van der Waals surface area contributed by atoms with Crippen LogP contribution in [-0.4, -0.2) is 50.8 Å². The first-order chi connectivity index (χ1) is 13.8. The minimum atomic E-state index is -0.837. The molecular formula is C21H36N2O6. The molecule has 0 aliphatic carbocycles. The standard InChI is InChI=1S/C15H20O6.C6H16N2/c1-5-12(16)19-9-15(8-4,10-20-13(17)6-2)11-21-14(18)7-3;7-5-3-1-2-4-6-8/h5-7H,1-3,8-11H2,4H3;1-8H2. The van der Waals surface area contributed by atoms with Gasteiger partial charge in [-0.1, -0.05) is 39.5 Å². The van der Waals surface area contributed by atoms with E-state index < -0.39 is 23.3 Å². The molecule has 0 unspecified atom stereocenters. The fourth-order valence-electron chi connectivity index (χ4n) is 1.92. The van der Waals surface area contributed by atoms with E-state index in [4.69, 9.17) is 25.7 Å². The highest BCUT2D eigenvalue weighted by Crippen LogP contribution is 2.24. The first kappa shape index (κ1) is 28.8. The molecule has 0 aromatic rings. The lowest BCUT2D eigenvalue weighted by atomic mass is 9.88. The van der Waals surface area contributed by atoms with E-state index in [1.807, 2.05) is 0 Å². The third-order valence-corrected chi connectivity index (χ3v) is 3.97. The Morgan fingerprint density at radius 2 is 1.03 bits per heavy atom. The third-order valence-electron chi connectivity index (χ3n) is 3.97. The van der Waals surface area contributed by atoms with E-state index in [0.717, 1.165) is 44.2 Å². The second-order valence-corrected chi connectivity index (χ2v) is 6.28. The molecule has 8 heteroatoms. The number of nitrogens with two attached hydrogens (primary N) is 2. The van der Waals surface area contributed by atoms with Gasteiger partial charge < -0.3 is 25.7 Å². The Kier molecular flexibility index (Phi) is 18.7. The largest absolute Gasteiger partial charge is 0.462 e. The van der Waals surface area contributed by atoms with E-state index in [1.54, 1.807) is 6.92 Å². The molecule has 4 N–H and O–H groups in total. The van der Waals surface area contributed by atoms with Crippen molar-refractivity contribution in [2.45, 2.75) is 39.0 Å². The van der Waals surface area contributed by atoms with E-state index in [0.29, 0.717) is 6.42 Å². The average Bonchev–Trinajstić information content (AvgIpc) is 2.76. The van der Waals surface area contributed by atoms with Gasteiger partial charge in [0.25, 0.3) is 0 Å². The van der Waals surface area contributed by atoms with Crippen LogP contribution >= 0.6 is 0 Å². The number of carbonyl (C=O) groups is 3. The highest BCUT2D eigenvalue weighted by molar-refractivity contribution is 5.82. The summed E-state index contributed by atoms with van der Waals surface area (Å²) in [5.41, 5.74) is 9.72. The van der Waals surface area contributed by atoms with Crippen molar-refractivity contribution in [1.82, 2.24) is 0 Å². The molecule has 8 nitrogen and oxygen atoms in total. The molecule has 0 heterocycles. The molecular weight excluding hydrogens is 376 g/mol. The number of esters is 3. The van der Waals surface area contributed by atoms with Crippen LogP contribution < -0.4 is 11.5 Å². The molecule has 0 saturated heterocycles. The fourth-order valence-corrected chi connectivity index (χ4v) is 1.92. The topological polar surface area (TPSA) is 131 Å². The van der Waals surface area contributed by atoms with E-state index in [1.165, 1.54) is 12.8 Å². The molecule has 0 aliphatic rings. The van der Waals surface area contributed by atoms with Gasteiger partial charge in [-0.3, -0.25) is 0 Å². The summed E-state index contributed by atoms with van der Waals surface area (Å²) in [6.07, 6.45) is 8.30. The SMILES string of the molecule is C=CC(=O)OCC(CC)(COC(=O)C=C)COC(=O)C=C.NCCCCCCN. The summed E-state index contributed by atoms with van der Waals surface area (Å²) < 4.78 is 15.0. The number of hydrogen-bond acceptors (Lipinski definition) is 8. The van der Waals surface area contributed by atoms with Gasteiger partial charge in [-0.25, -0.2) is 14.4 Å². The van der Waals surface area contributed by atoms with Crippen LogP contribution in [0.2, 0.25) is 0 Å². The van der Waals surface area contributed by atoms with Gasteiger partial charge in [-0.15, -0.1) is 0 Å². The van der Waals surface area contributed by atoms with Crippen LogP contribution in [0, 0.1) is 5.41 Å². The number of carbonyl (C=O) groups excluding carboxylic acids is 3. The van der Waals surface area contributed by atoms with Gasteiger partial charge in [0.05, 0.1) is 5.41 Å². The van der Waals surface area contributed by atoms with Gasteiger partial charge >= 0.3 is 17.9 Å². The highest BCUT2D eigenvalue weighted by atomic mass is 16.6. The van der Waals surface area contributed by atoms with Gasteiger partial charge in [-0.05, 0) is 32.4 Å². The van der Waals surface area contributed by atoms with Crippen molar-refractivity contribution in [3.8, 4) is 0 Å². The maximum absolute atomic E-state index is 11.2. The van der Waals surface area contributed by atoms with Crippen molar-refractivity contribution in [2.75, 3.05) is 32.9 Å². The Balaban J connectivity index is 0. The van der Waals surface area contributed by atoms with Crippen LogP contribution in [0.4, 0.5) is 0 Å². The van der Waals surface area contributed by atoms with Crippen molar-refractivity contribution < 1.29 is 28.6 Å². The Morgan fingerprint density at radius 1 is 0.724 bits per heavy atom. The van der Waals surface area contributed by atoms with Crippen molar-refractivity contribution in [2.24, 2.45) is 16.9 Å². The quantitative estimate of drug-likeness (QED) is 0.181. The summed E-state index contributed by atoms with van der Waals surface area (Å²) in [5.74, 6) is -1.84. The molecule has 0 saturated carbocycles. The molecule has 0 bridgehead atoms. The Labute approximate surface area is 173 Å². The average molecular weight is 413 g/mol. The van der Waals surface area contributed by atoms with E-state index in [9.17, 15) is 14.4 Å². The van der Waals surface area contributed by atoms with Gasteiger partial charge in [0.15, 0.2) is 0 Å². The molecule has 0 aromatic heterocycles. The number of unbranched alkanes of at least 4 members (excludes halogenated alkanes) is 3. The lowest BCUT2D eigenvalue weighted by molar-refractivity contribution is -0.156. The smallest absolute Gasteiger partial charge is 0.330 e. The van der Waals surface area contributed by atoms with E-state index in [-0.39, 0.29) is 19.8 Å². The summed E-state index contributed by atoms with van der Waals surface area (Å²) in [6.45, 7) is 13.1. The Hall–Kier alpha value is -2.45. The molecule has 0 aliphatic heterocycles. The molecule has 29 heavy (non-hydrogen) atoms. The van der Waals surface area contributed by atoms with Crippen molar-refractivity contribution in [3.05, 3.63) is 38.0 Å². The molecule has 166 valence electrons. The first-order valence-electron chi connectivity index (χ1n) is 9.62. The van der Waals surface area contributed by atoms with Crippen molar-refractivity contribution >= 4 is 17.9 Å². The zero-order valence-electron chi connectivity index (χ0n) is 17.5. The van der Waals surface area contributed by atoms with Gasteiger partial charge in [0, 0.05) is 18.2 Å². The lowest BCUT2D eigenvalue weighted by Gasteiger charge is -2.30. The van der Waals surface area contributed by atoms with Crippen molar-refractivity contribution in [1.29, 1.82) is 0 Å². The second kappa shape index (κ2) is 18.9. The predicted octanol–water partition coefficient (Wildman–Crippen LogP) is 2.03. The van der Waals surface area contributed by atoms with Crippen LogP contribution in [-0.2, 0) is 28.6 Å². The van der Waals surface area contributed by atoms with Crippen LogP contribution in [0.25, 0.3) is 0 Å². The highest BCUT2D eigenvalue weighted by Gasteiger charge is 2.33. The van der Waals surface area contributed by atoms with E-state index >= 15 is 0 Å². The Bertz CT molecular complexity index is 453. The van der Waals surface area contributed by atoms with Gasteiger partial charge in [0.1, 0.15) is 19.8 Å². The van der Waals surface area contributed by atoms with Crippen molar-refractivity contribution in [3.63, 3.8) is 0 Å². The summed E-state index contributed by atoms with van der Waals surface area (Å²) in [7, 11) is 0. The van der Waals surface area contributed by atoms with E-state index in [2.05, 4.69) is 19.7 Å². The van der Waals surface area contributed by atoms with Crippen LogP contribution in [0.15, 0.2) is 38.0 Å². The zero-order chi connectivity index (χ0) is 22.5. The maximum Gasteiger partial charge on any atom is 0.330 e. The minimum Gasteiger partial charge on any atom is -0.462 e. The molecule has 0 atom stereocenters. The Morgan fingerprint density at radius 3 is 1.24 bits per heavy atom. The summed E-state index contributed by atoms with van der Waals surface area (Å²) in [5, 5.41) is 0. The third kappa shape index (κ3) is 16.2. The minimum absolute atomic E-state index is 0.0802. The monoisotopic (exact) mass is 412 g/mol. The molecule has 0 amide bonds. The molecule has 0 rings (SSSR count). The summed E-state index contributed by atoms with van der Waals surface area (Å²) in [4.78, 5) is 33.5. The maximum atomic E-state index is 11.2. The van der Waals surface area contributed by atoms with Crippen LogP contribution in [0.3, 0.4) is 0 Å².